The number of benzene rings is 4. The highest BCUT2D eigenvalue weighted by molar-refractivity contribution is 5.66. The minimum Gasteiger partial charge on any atom is -0.491 e. The van der Waals surface area contributed by atoms with Crippen molar-refractivity contribution in [1.29, 1.82) is 0 Å². The quantitative estimate of drug-likeness (QED) is 0.152. The van der Waals surface area contributed by atoms with Gasteiger partial charge in [0.15, 0.2) is 0 Å². The third-order valence-electron chi connectivity index (χ3n) is 6.80. The van der Waals surface area contributed by atoms with E-state index in [1.807, 2.05) is 97.1 Å². The first-order valence-corrected chi connectivity index (χ1v) is 13.8. The molecule has 2 atom stereocenters. The molecule has 210 valence electrons. The molecular weight excluding hydrogens is 532 g/mol. The van der Waals surface area contributed by atoms with Crippen LogP contribution in [-0.4, -0.2) is 48.6 Å². The van der Waals surface area contributed by atoms with Crippen molar-refractivity contribution in [3.63, 3.8) is 0 Å². The maximum atomic E-state index is 5.94. The van der Waals surface area contributed by atoms with E-state index >= 15 is 0 Å². The number of hydrogen-bond donors (Lipinski definition) is 0. The van der Waals surface area contributed by atoms with E-state index in [1.54, 1.807) is 12.4 Å². The van der Waals surface area contributed by atoms with Crippen molar-refractivity contribution in [3.05, 3.63) is 109 Å². The van der Waals surface area contributed by atoms with Crippen molar-refractivity contribution >= 4 is 0 Å². The number of hydrogen-bond acceptors (Lipinski definition) is 8. The van der Waals surface area contributed by atoms with Gasteiger partial charge in [0, 0.05) is 0 Å². The number of epoxide rings is 2. The summed E-state index contributed by atoms with van der Waals surface area (Å²) in [4.78, 5) is 8.69. The Balaban J connectivity index is 0.941. The van der Waals surface area contributed by atoms with Gasteiger partial charge in [-0.15, -0.1) is 0 Å². The van der Waals surface area contributed by atoms with E-state index in [9.17, 15) is 0 Å². The lowest BCUT2D eigenvalue weighted by atomic mass is 10.1. The van der Waals surface area contributed by atoms with Gasteiger partial charge in [-0.25, -0.2) is 0 Å². The molecule has 2 aliphatic rings. The van der Waals surface area contributed by atoms with E-state index in [0.717, 1.165) is 47.0 Å². The van der Waals surface area contributed by atoms with Crippen LogP contribution < -0.4 is 18.9 Å². The molecule has 0 amide bonds. The van der Waals surface area contributed by atoms with Crippen LogP contribution >= 0.6 is 0 Å². The summed E-state index contributed by atoms with van der Waals surface area (Å²) in [6, 6.07) is 31.6. The van der Waals surface area contributed by atoms with Crippen molar-refractivity contribution < 1.29 is 28.4 Å². The van der Waals surface area contributed by atoms with E-state index in [-0.39, 0.29) is 12.2 Å². The molecule has 3 heterocycles. The maximum absolute atomic E-state index is 5.94. The largest absolute Gasteiger partial charge is 0.491 e. The van der Waals surface area contributed by atoms with Crippen molar-refractivity contribution in [2.24, 2.45) is 0 Å². The second-order valence-electron chi connectivity index (χ2n) is 10.0. The highest BCUT2D eigenvalue weighted by atomic mass is 16.6. The summed E-state index contributed by atoms with van der Waals surface area (Å²) >= 11 is 0. The molecule has 42 heavy (non-hydrogen) atoms. The number of nitrogens with zero attached hydrogens (tertiary/aromatic N) is 2. The summed E-state index contributed by atoms with van der Waals surface area (Å²) in [5, 5.41) is 0. The molecular formula is C34H28N2O6. The number of ether oxygens (including phenoxy) is 6. The Morgan fingerprint density at radius 1 is 0.500 bits per heavy atom. The molecule has 7 rings (SSSR count). The summed E-state index contributed by atoms with van der Waals surface area (Å²) < 4.78 is 33.7. The Morgan fingerprint density at radius 3 is 1.17 bits per heavy atom. The minimum atomic E-state index is 0.240. The SMILES string of the molecule is c1cc(-c2ccc(Oc3cncc(Oc4ccc(-c5ccc(OCC6CO6)cc5)cc4)n3)cc2)ccc1OCC1CO1. The average Bonchev–Trinajstić information content (AvgIpc) is 3.97. The van der Waals surface area contributed by atoms with Crippen molar-refractivity contribution in [2.45, 2.75) is 12.2 Å². The molecule has 0 saturated carbocycles. The number of rotatable bonds is 12. The molecule has 0 N–H and O–H groups in total. The zero-order valence-electron chi connectivity index (χ0n) is 22.7. The summed E-state index contributed by atoms with van der Waals surface area (Å²) in [5.74, 6) is 3.65. The summed E-state index contributed by atoms with van der Waals surface area (Å²) in [5.41, 5.74) is 4.31. The zero-order valence-corrected chi connectivity index (χ0v) is 22.7. The topological polar surface area (TPSA) is 87.8 Å². The van der Waals surface area contributed by atoms with Crippen LogP contribution in [-0.2, 0) is 9.47 Å². The molecule has 2 unspecified atom stereocenters. The summed E-state index contributed by atoms with van der Waals surface area (Å²) in [7, 11) is 0. The lowest BCUT2D eigenvalue weighted by molar-refractivity contribution is 0.263. The first kappa shape index (κ1) is 26.0. The van der Waals surface area contributed by atoms with Gasteiger partial charge in [0.2, 0.25) is 11.8 Å². The van der Waals surface area contributed by atoms with Gasteiger partial charge >= 0.3 is 0 Å². The van der Waals surface area contributed by atoms with E-state index in [2.05, 4.69) is 9.97 Å². The lowest BCUT2D eigenvalue weighted by Gasteiger charge is -2.10. The summed E-state index contributed by atoms with van der Waals surface area (Å²) in [6.07, 6.45) is 3.59. The second kappa shape index (κ2) is 11.9. The van der Waals surface area contributed by atoms with Gasteiger partial charge in [-0.1, -0.05) is 48.5 Å². The average molecular weight is 561 g/mol. The molecule has 8 nitrogen and oxygen atoms in total. The van der Waals surface area contributed by atoms with Crippen LogP contribution in [0.15, 0.2) is 109 Å². The Labute approximate surface area is 243 Å². The molecule has 2 saturated heterocycles. The third kappa shape index (κ3) is 6.86. The normalized spacial score (nSPS) is 16.9. The van der Waals surface area contributed by atoms with E-state index in [1.165, 1.54) is 0 Å². The van der Waals surface area contributed by atoms with E-state index in [0.29, 0.717) is 36.5 Å². The zero-order chi connectivity index (χ0) is 28.1. The third-order valence-corrected chi connectivity index (χ3v) is 6.80. The van der Waals surface area contributed by atoms with Crippen LogP contribution in [0.4, 0.5) is 0 Å². The number of aromatic nitrogens is 2. The van der Waals surface area contributed by atoms with Gasteiger partial charge in [-0.2, -0.15) is 4.98 Å². The van der Waals surface area contributed by atoms with Crippen LogP contribution in [0.2, 0.25) is 0 Å². The molecule has 2 fully saturated rings. The molecule has 5 aromatic rings. The second-order valence-corrected chi connectivity index (χ2v) is 10.0. The van der Waals surface area contributed by atoms with E-state index < -0.39 is 0 Å². The van der Waals surface area contributed by atoms with Crippen molar-refractivity contribution in [3.8, 4) is 57.0 Å². The Bertz CT molecular complexity index is 1500. The lowest BCUT2D eigenvalue weighted by Crippen LogP contribution is -2.03. The van der Waals surface area contributed by atoms with Crippen LogP contribution in [0, 0.1) is 0 Å². The monoisotopic (exact) mass is 560 g/mol. The van der Waals surface area contributed by atoms with Crippen molar-refractivity contribution in [1.82, 2.24) is 9.97 Å². The highest BCUT2D eigenvalue weighted by Crippen LogP contribution is 2.29. The molecule has 0 radical (unpaired) electrons. The fourth-order valence-corrected chi connectivity index (χ4v) is 4.30. The predicted octanol–water partition coefficient (Wildman–Crippen LogP) is 6.95. The molecule has 8 heteroatoms. The minimum absolute atomic E-state index is 0.240. The summed E-state index contributed by atoms with van der Waals surface area (Å²) in [6.45, 7) is 2.76. The van der Waals surface area contributed by atoms with Crippen LogP contribution in [0.5, 0.6) is 34.8 Å². The van der Waals surface area contributed by atoms with Crippen molar-refractivity contribution in [2.75, 3.05) is 26.4 Å². The van der Waals surface area contributed by atoms with Crippen LogP contribution in [0.3, 0.4) is 0 Å². The highest BCUT2D eigenvalue weighted by Gasteiger charge is 2.23. The molecule has 0 bridgehead atoms. The fourth-order valence-electron chi connectivity index (χ4n) is 4.30. The Hall–Kier alpha value is -4.92. The van der Waals surface area contributed by atoms with Gasteiger partial charge in [0.05, 0.1) is 25.6 Å². The van der Waals surface area contributed by atoms with E-state index in [4.69, 9.17) is 28.4 Å². The first-order chi connectivity index (χ1) is 20.7. The van der Waals surface area contributed by atoms with Gasteiger partial charge < -0.3 is 28.4 Å². The molecule has 2 aliphatic heterocycles. The molecule has 4 aromatic carbocycles. The Morgan fingerprint density at radius 2 is 0.833 bits per heavy atom. The van der Waals surface area contributed by atoms with Crippen LogP contribution in [0.25, 0.3) is 22.3 Å². The van der Waals surface area contributed by atoms with Gasteiger partial charge in [-0.05, 0) is 70.8 Å². The fraction of sp³-hybridized carbons (Fsp3) is 0.176. The first-order valence-electron chi connectivity index (χ1n) is 13.8. The Kier molecular flexibility index (Phi) is 7.37. The molecule has 1 aromatic heterocycles. The standard InChI is InChI=1S/C34H28N2O6/c1-9-27(37-19-31-21-39-31)10-2-23(1)25-5-13-29(14-6-25)41-33-17-35-18-34(36-33)42-30-15-7-26(8-16-30)24-3-11-28(12-4-24)38-20-32-22-40-32/h1-18,31-32H,19-22H2. The van der Waals surface area contributed by atoms with Gasteiger partial charge in [0.1, 0.15) is 48.4 Å². The maximum Gasteiger partial charge on any atom is 0.241 e. The smallest absolute Gasteiger partial charge is 0.241 e. The van der Waals surface area contributed by atoms with Gasteiger partial charge in [-0.3, -0.25) is 4.98 Å². The van der Waals surface area contributed by atoms with Gasteiger partial charge in [0.25, 0.3) is 0 Å². The molecule has 0 spiro atoms. The molecule has 0 aliphatic carbocycles. The van der Waals surface area contributed by atoms with Crippen LogP contribution in [0.1, 0.15) is 0 Å². The predicted molar refractivity (Wildman–Crippen MR) is 156 cm³/mol.